The number of benzene rings is 1. The Balaban J connectivity index is 1.59. The number of carbonyl (C=O) groups excluding carboxylic acids is 4. The first-order valence-electron chi connectivity index (χ1n) is 11.6. The number of β-lactam (4-membered cyclic amide) rings is 1. The number of carboxylic acid groups (broad SMARTS) is 1. The minimum absolute atomic E-state index is 0.180. The van der Waals surface area contributed by atoms with Crippen LogP contribution in [0.1, 0.15) is 51.5 Å². The Bertz CT molecular complexity index is 1350. The molecule has 0 aliphatic carbocycles. The van der Waals surface area contributed by atoms with Crippen molar-refractivity contribution in [3.05, 3.63) is 69.7 Å². The summed E-state index contributed by atoms with van der Waals surface area (Å²) in [6.45, 7) is 6.31. The number of nitrogens with zero attached hydrogens (tertiary/aromatic N) is 2. The largest absolute Gasteiger partial charge is 0.477 e. The van der Waals surface area contributed by atoms with Crippen LogP contribution in [0.5, 0.6) is 0 Å². The summed E-state index contributed by atoms with van der Waals surface area (Å²) in [7, 11) is 0. The molecule has 2 atom stereocenters. The van der Waals surface area contributed by atoms with Gasteiger partial charge >= 0.3 is 11.9 Å². The number of amides is 2. The highest BCUT2D eigenvalue weighted by Gasteiger charge is 2.54. The molecule has 0 saturated carbocycles. The zero-order valence-electron chi connectivity index (χ0n) is 20.9. The summed E-state index contributed by atoms with van der Waals surface area (Å²) in [4.78, 5) is 63.1. The molecule has 2 aliphatic rings. The number of nitrogens with one attached hydrogen (secondary N) is 1. The number of fused-ring (bicyclic) bond motifs is 1. The van der Waals surface area contributed by atoms with E-state index in [0.717, 1.165) is 10.5 Å². The number of aliphatic carboxylic acids is 1. The summed E-state index contributed by atoms with van der Waals surface area (Å²) in [5, 5.41) is 11.9. The Morgan fingerprint density at radius 1 is 1.14 bits per heavy atom. The second-order valence-electron chi connectivity index (χ2n) is 8.96. The molecule has 0 spiro atoms. The lowest BCUT2D eigenvalue weighted by Gasteiger charge is -2.49. The quantitative estimate of drug-likeness (QED) is 0.305. The Kier molecular flexibility index (Phi) is 7.26. The third-order valence-corrected chi connectivity index (χ3v) is 7.84. The van der Waals surface area contributed by atoms with E-state index in [1.807, 2.05) is 30.3 Å². The number of esters is 1. The molecule has 2 aliphatic heterocycles. The molecule has 194 valence electrons. The van der Waals surface area contributed by atoms with Crippen LogP contribution in [0.15, 0.2) is 41.6 Å². The maximum absolute atomic E-state index is 13.4. The van der Waals surface area contributed by atoms with Crippen LogP contribution in [0.3, 0.4) is 0 Å². The standard InChI is InChI=1S/C26H27N3O7S/c1-13-19(14(2)28(21(13)15(3)30)10-17-8-6-5-7-9-17)23(32)27-20-24(33)29-22(26(34)35)18(11-36-16(4)31)12-37-25(20)29/h5-9,20,25H,10-12H2,1-4H3,(H,27,32)(H,34,35)/t20-,25-/m1/s1. The Morgan fingerprint density at radius 2 is 1.81 bits per heavy atom. The summed E-state index contributed by atoms with van der Waals surface area (Å²) in [6, 6.07) is 8.63. The second-order valence-corrected chi connectivity index (χ2v) is 10.1. The zero-order valence-corrected chi connectivity index (χ0v) is 21.7. The van der Waals surface area contributed by atoms with E-state index in [1.54, 1.807) is 18.4 Å². The monoisotopic (exact) mass is 525 g/mol. The summed E-state index contributed by atoms with van der Waals surface area (Å²) in [5.74, 6) is -2.87. The fourth-order valence-corrected chi connectivity index (χ4v) is 6.17. The molecule has 2 amide bonds. The third kappa shape index (κ3) is 4.78. The summed E-state index contributed by atoms with van der Waals surface area (Å²) in [5.41, 5.74) is 2.92. The SMILES string of the molecule is CC(=O)OCC1=C(C(=O)O)N2C(=O)[C@@H](NC(=O)c3c(C)c(C(C)=O)n(Cc4ccccc4)c3C)[C@H]2SC1. The predicted molar refractivity (Wildman–Crippen MR) is 135 cm³/mol. The molecule has 1 fully saturated rings. The van der Waals surface area contributed by atoms with Gasteiger partial charge in [-0.3, -0.25) is 24.1 Å². The lowest BCUT2D eigenvalue weighted by molar-refractivity contribution is -0.149. The van der Waals surface area contributed by atoms with E-state index in [-0.39, 0.29) is 23.8 Å². The van der Waals surface area contributed by atoms with E-state index in [9.17, 15) is 29.1 Å². The normalized spacial score (nSPS) is 18.7. The number of ether oxygens (including phenoxy) is 1. The molecule has 1 aromatic carbocycles. The van der Waals surface area contributed by atoms with Crippen molar-refractivity contribution in [1.82, 2.24) is 14.8 Å². The van der Waals surface area contributed by atoms with Crippen LogP contribution in [0.25, 0.3) is 0 Å². The lowest BCUT2D eigenvalue weighted by Crippen LogP contribution is -2.70. The first-order valence-corrected chi connectivity index (χ1v) is 12.7. The number of hydrogen-bond acceptors (Lipinski definition) is 7. The highest BCUT2D eigenvalue weighted by molar-refractivity contribution is 8.00. The molecule has 10 nitrogen and oxygen atoms in total. The van der Waals surface area contributed by atoms with Crippen LogP contribution in [0.4, 0.5) is 0 Å². The van der Waals surface area contributed by atoms with Gasteiger partial charge in [-0.2, -0.15) is 0 Å². The molecule has 1 saturated heterocycles. The van der Waals surface area contributed by atoms with Crippen LogP contribution < -0.4 is 5.32 Å². The van der Waals surface area contributed by atoms with Crippen molar-refractivity contribution in [3.63, 3.8) is 0 Å². The van der Waals surface area contributed by atoms with Crippen molar-refractivity contribution >= 4 is 41.3 Å². The predicted octanol–water partition coefficient (Wildman–Crippen LogP) is 2.27. The van der Waals surface area contributed by atoms with Gasteiger partial charge in [-0.15, -0.1) is 11.8 Å². The minimum Gasteiger partial charge on any atom is -0.477 e. The number of carbonyl (C=O) groups is 5. The number of rotatable bonds is 8. The molecular formula is C26H27N3O7S. The summed E-state index contributed by atoms with van der Waals surface area (Å²) in [6.07, 6.45) is 0. The molecule has 2 N–H and O–H groups in total. The van der Waals surface area contributed by atoms with Gasteiger partial charge in [-0.05, 0) is 25.0 Å². The van der Waals surface area contributed by atoms with Crippen molar-refractivity contribution in [2.75, 3.05) is 12.4 Å². The maximum Gasteiger partial charge on any atom is 0.352 e. The van der Waals surface area contributed by atoms with Crippen LogP contribution in [-0.2, 0) is 25.7 Å². The first kappa shape index (κ1) is 26.2. The lowest BCUT2D eigenvalue weighted by atomic mass is 10.0. The van der Waals surface area contributed by atoms with E-state index < -0.39 is 35.2 Å². The maximum atomic E-state index is 13.4. The average Bonchev–Trinajstić information content (AvgIpc) is 3.09. The average molecular weight is 526 g/mol. The molecule has 1 aromatic heterocycles. The van der Waals surface area contributed by atoms with Gasteiger partial charge < -0.3 is 19.7 Å². The Labute approximate surface area is 217 Å². The minimum atomic E-state index is -1.30. The highest BCUT2D eigenvalue weighted by atomic mass is 32.2. The number of ketones is 1. The Hall–Kier alpha value is -3.86. The van der Waals surface area contributed by atoms with E-state index in [4.69, 9.17) is 4.74 Å². The molecule has 0 unspecified atom stereocenters. The molecule has 0 bridgehead atoms. The van der Waals surface area contributed by atoms with Crippen LogP contribution >= 0.6 is 11.8 Å². The molecule has 2 aromatic rings. The second kappa shape index (κ2) is 10.3. The first-order chi connectivity index (χ1) is 17.5. The molecule has 4 rings (SSSR count). The van der Waals surface area contributed by atoms with E-state index in [2.05, 4.69) is 5.32 Å². The smallest absolute Gasteiger partial charge is 0.352 e. The summed E-state index contributed by atoms with van der Waals surface area (Å²) < 4.78 is 6.75. The van der Waals surface area contributed by atoms with Crippen LogP contribution in [0.2, 0.25) is 0 Å². The topological polar surface area (TPSA) is 135 Å². The van der Waals surface area contributed by atoms with Crippen molar-refractivity contribution in [1.29, 1.82) is 0 Å². The van der Waals surface area contributed by atoms with Gasteiger partial charge in [-0.1, -0.05) is 30.3 Å². The number of carboxylic acids is 1. The van der Waals surface area contributed by atoms with Crippen LogP contribution in [0, 0.1) is 13.8 Å². The van der Waals surface area contributed by atoms with Gasteiger partial charge in [0.05, 0.1) is 11.3 Å². The molecule has 3 heterocycles. The molecule has 0 radical (unpaired) electrons. The van der Waals surface area contributed by atoms with E-state index >= 15 is 0 Å². The van der Waals surface area contributed by atoms with Gasteiger partial charge in [0.2, 0.25) is 0 Å². The number of Topliss-reactive ketones (excluding diaryl/α,β-unsaturated/α-hetero) is 1. The highest BCUT2D eigenvalue weighted by Crippen LogP contribution is 2.40. The van der Waals surface area contributed by atoms with Crippen molar-refractivity contribution < 1.29 is 33.8 Å². The zero-order chi connectivity index (χ0) is 27.0. The van der Waals surface area contributed by atoms with Crippen molar-refractivity contribution in [3.8, 4) is 0 Å². The van der Waals surface area contributed by atoms with Gasteiger partial charge in [-0.25, -0.2) is 4.79 Å². The van der Waals surface area contributed by atoms with E-state index in [0.29, 0.717) is 34.6 Å². The fourth-order valence-electron chi connectivity index (χ4n) is 4.84. The number of thioether (sulfide) groups is 1. The van der Waals surface area contributed by atoms with Gasteiger partial charge in [0.1, 0.15) is 23.7 Å². The molecule has 11 heteroatoms. The molecule has 37 heavy (non-hydrogen) atoms. The number of hydrogen-bond donors (Lipinski definition) is 2. The van der Waals surface area contributed by atoms with Crippen molar-refractivity contribution in [2.45, 2.75) is 45.7 Å². The molecular weight excluding hydrogens is 498 g/mol. The fraction of sp³-hybridized carbons (Fsp3) is 0.346. The Morgan fingerprint density at radius 3 is 2.41 bits per heavy atom. The van der Waals surface area contributed by atoms with Crippen molar-refractivity contribution in [2.24, 2.45) is 0 Å². The van der Waals surface area contributed by atoms with E-state index in [1.165, 1.54) is 25.6 Å². The summed E-state index contributed by atoms with van der Waals surface area (Å²) >= 11 is 1.28. The van der Waals surface area contributed by atoms with Gasteiger partial charge in [0.15, 0.2) is 5.78 Å². The van der Waals surface area contributed by atoms with Crippen LogP contribution in [-0.4, -0.2) is 67.9 Å². The van der Waals surface area contributed by atoms with Gasteiger partial charge in [0, 0.05) is 37.4 Å². The third-order valence-electron chi connectivity index (χ3n) is 6.50. The van der Waals surface area contributed by atoms with Gasteiger partial charge in [0.25, 0.3) is 11.8 Å². The number of aromatic nitrogens is 1.